The van der Waals surface area contributed by atoms with Crippen molar-refractivity contribution in [2.45, 2.75) is 25.3 Å². The van der Waals surface area contributed by atoms with E-state index in [4.69, 9.17) is 38.0 Å². The summed E-state index contributed by atoms with van der Waals surface area (Å²) in [6, 6.07) is 12.1. The number of anilines is 1. The number of thiocarbonyl (C=S) groups is 1. The van der Waals surface area contributed by atoms with Gasteiger partial charge < -0.3 is 29.3 Å². The molecule has 1 aliphatic rings. The summed E-state index contributed by atoms with van der Waals surface area (Å²) in [5, 5.41) is 4.68. The third-order valence-electron chi connectivity index (χ3n) is 5.88. The Hall–Kier alpha value is -2.22. The van der Waals surface area contributed by atoms with Crippen molar-refractivity contribution in [3.05, 3.63) is 47.0 Å². The molecule has 0 bridgehead atoms. The molecule has 8 heteroatoms. The van der Waals surface area contributed by atoms with Crippen LogP contribution in [0.15, 0.2) is 36.4 Å². The van der Waals surface area contributed by atoms with Crippen LogP contribution in [0.5, 0.6) is 17.2 Å². The summed E-state index contributed by atoms with van der Waals surface area (Å²) >= 11 is 12.0. The van der Waals surface area contributed by atoms with Gasteiger partial charge in [-0.3, -0.25) is 0 Å². The Morgan fingerprint density at radius 1 is 1.03 bits per heavy atom. The fourth-order valence-corrected chi connectivity index (χ4v) is 4.53. The van der Waals surface area contributed by atoms with E-state index in [0.717, 1.165) is 56.1 Å². The van der Waals surface area contributed by atoms with Crippen LogP contribution in [0.25, 0.3) is 0 Å². The first-order valence-corrected chi connectivity index (χ1v) is 11.5. The van der Waals surface area contributed by atoms with Gasteiger partial charge in [0, 0.05) is 24.3 Å². The van der Waals surface area contributed by atoms with E-state index in [1.807, 2.05) is 30.3 Å². The second-order valence-electron chi connectivity index (χ2n) is 7.95. The molecule has 1 heterocycles. The van der Waals surface area contributed by atoms with Crippen molar-refractivity contribution >= 4 is 34.6 Å². The Kier molecular flexibility index (Phi) is 8.84. The quantitative estimate of drug-likeness (QED) is 0.553. The highest BCUT2D eigenvalue weighted by Crippen LogP contribution is 2.29. The number of benzene rings is 2. The molecule has 1 N–H and O–H groups in total. The average Bonchev–Trinajstić information content (AvgIpc) is 2.81. The molecule has 0 aromatic heterocycles. The summed E-state index contributed by atoms with van der Waals surface area (Å²) in [4.78, 5) is 4.68. The van der Waals surface area contributed by atoms with E-state index in [1.165, 1.54) is 5.56 Å². The fraction of sp³-hybridized carbons (Fsp3) is 0.458. The largest absolute Gasteiger partial charge is 0.495 e. The molecule has 2 aromatic carbocycles. The summed E-state index contributed by atoms with van der Waals surface area (Å²) < 4.78 is 16.2. The van der Waals surface area contributed by atoms with Gasteiger partial charge in [-0.05, 0) is 81.4 Å². The van der Waals surface area contributed by atoms with E-state index in [2.05, 4.69) is 28.2 Å². The number of likely N-dealkylation sites (tertiary alicyclic amines) is 1. The summed E-state index contributed by atoms with van der Waals surface area (Å²) in [6.45, 7) is 2.93. The number of hydrogen-bond donors (Lipinski definition) is 1. The Labute approximate surface area is 201 Å². The van der Waals surface area contributed by atoms with Crippen LogP contribution in [0.3, 0.4) is 0 Å². The molecular formula is C24H32ClN3O3S. The molecule has 6 nitrogen and oxygen atoms in total. The maximum absolute atomic E-state index is 6.17. The Bertz CT molecular complexity index is 919. The van der Waals surface area contributed by atoms with Gasteiger partial charge in [0.1, 0.15) is 5.75 Å². The fourth-order valence-electron chi connectivity index (χ4n) is 3.98. The lowest BCUT2D eigenvalue weighted by Crippen LogP contribution is -2.48. The molecule has 32 heavy (non-hydrogen) atoms. The Balaban J connectivity index is 1.75. The third kappa shape index (κ3) is 6.18. The van der Waals surface area contributed by atoms with E-state index in [0.29, 0.717) is 21.9 Å². The zero-order valence-corrected chi connectivity index (χ0v) is 20.8. The lowest BCUT2D eigenvalue weighted by molar-refractivity contribution is 0.178. The molecule has 2 aromatic rings. The summed E-state index contributed by atoms with van der Waals surface area (Å²) in [5.41, 5.74) is 2.04. The van der Waals surface area contributed by atoms with Crippen molar-refractivity contribution in [2.75, 3.05) is 53.3 Å². The minimum absolute atomic E-state index is 0.389. The van der Waals surface area contributed by atoms with Gasteiger partial charge in [0.2, 0.25) is 0 Å². The highest BCUT2D eigenvalue weighted by Gasteiger charge is 2.25. The van der Waals surface area contributed by atoms with Crippen LogP contribution >= 0.6 is 23.8 Å². The smallest absolute Gasteiger partial charge is 0.173 e. The molecule has 0 aliphatic carbocycles. The number of ether oxygens (including phenoxy) is 3. The first-order chi connectivity index (χ1) is 15.4. The van der Waals surface area contributed by atoms with Crippen molar-refractivity contribution in [2.24, 2.45) is 0 Å². The van der Waals surface area contributed by atoms with Crippen molar-refractivity contribution in [1.82, 2.24) is 9.80 Å². The van der Waals surface area contributed by atoms with Gasteiger partial charge >= 0.3 is 0 Å². The van der Waals surface area contributed by atoms with Gasteiger partial charge in [-0.1, -0.05) is 17.7 Å². The first-order valence-electron chi connectivity index (χ1n) is 10.8. The predicted octanol–water partition coefficient (Wildman–Crippen LogP) is 4.70. The minimum atomic E-state index is 0.389. The molecular weight excluding hydrogens is 446 g/mol. The highest BCUT2D eigenvalue weighted by molar-refractivity contribution is 7.80. The Morgan fingerprint density at radius 2 is 1.72 bits per heavy atom. The number of nitrogens with zero attached hydrogens (tertiary/aromatic N) is 2. The van der Waals surface area contributed by atoms with Gasteiger partial charge in [0.15, 0.2) is 16.6 Å². The van der Waals surface area contributed by atoms with Gasteiger partial charge in [-0.2, -0.15) is 0 Å². The number of rotatable bonds is 8. The van der Waals surface area contributed by atoms with Crippen LogP contribution in [-0.4, -0.2) is 69.0 Å². The normalized spacial score (nSPS) is 14.7. The van der Waals surface area contributed by atoms with E-state index in [9.17, 15) is 0 Å². The van der Waals surface area contributed by atoms with Crippen molar-refractivity contribution < 1.29 is 14.2 Å². The molecule has 1 fully saturated rings. The number of piperidine rings is 1. The standard InChI is InChI=1S/C24H32ClN3O3S/c1-27-12-10-19(11-13-27)28(14-9-17-5-8-21(29-2)23(15-17)31-4)24(32)26-18-6-7-20(25)22(16-18)30-3/h5-8,15-16,19H,9-14H2,1-4H3,(H,26,32). The molecule has 0 unspecified atom stereocenters. The SMILES string of the molecule is COc1cc(NC(=S)N(CCc2ccc(OC)c(OC)c2)C2CCN(C)CC2)ccc1Cl. The van der Waals surface area contributed by atoms with Crippen LogP contribution < -0.4 is 19.5 Å². The molecule has 0 saturated carbocycles. The zero-order chi connectivity index (χ0) is 23.1. The topological polar surface area (TPSA) is 46.2 Å². The molecule has 1 saturated heterocycles. The lowest BCUT2D eigenvalue weighted by atomic mass is 10.0. The van der Waals surface area contributed by atoms with Crippen molar-refractivity contribution in [1.29, 1.82) is 0 Å². The lowest BCUT2D eigenvalue weighted by Gasteiger charge is -2.39. The third-order valence-corrected chi connectivity index (χ3v) is 6.53. The molecule has 0 radical (unpaired) electrons. The average molecular weight is 478 g/mol. The monoisotopic (exact) mass is 477 g/mol. The Morgan fingerprint density at radius 3 is 2.38 bits per heavy atom. The molecule has 174 valence electrons. The summed E-state index contributed by atoms with van der Waals surface area (Å²) in [7, 11) is 7.08. The van der Waals surface area contributed by atoms with E-state index in [-0.39, 0.29) is 0 Å². The van der Waals surface area contributed by atoms with Crippen LogP contribution in [0, 0.1) is 0 Å². The van der Waals surface area contributed by atoms with E-state index >= 15 is 0 Å². The summed E-state index contributed by atoms with van der Waals surface area (Å²) in [5.74, 6) is 2.10. The van der Waals surface area contributed by atoms with Crippen LogP contribution in [0.1, 0.15) is 18.4 Å². The van der Waals surface area contributed by atoms with Crippen LogP contribution in [-0.2, 0) is 6.42 Å². The van der Waals surface area contributed by atoms with E-state index < -0.39 is 0 Å². The van der Waals surface area contributed by atoms with Gasteiger partial charge in [-0.15, -0.1) is 0 Å². The van der Waals surface area contributed by atoms with Gasteiger partial charge in [-0.25, -0.2) is 0 Å². The van der Waals surface area contributed by atoms with Gasteiger partial charge in [0.25, 0.3) is 0 Å². The van der Waals surface area contributed by atoms with Crippen LogP contribution in [0.2, 0.25) is 5.02 Å². The minimum Gasteiger partial charge on any atom is -0.495 e. The first kappa shape index (κ1) is 24.4. The second kappa shape index (κ2) is 11.6. The molecule has 0 spiro atoms. The zero-order valence-electron chi connectivity index (χ0n) is 19.2. The highest BCUT2D eigenvalue weighted by atomic mass is 35.5. The number of nitrogens with one attached hydrogen (secondary N) is 1. The maximum atomic E-state index is 6.17. The second-order valence-corrected chi connectivity index (χ2v) is 8.74. The van der Waals surface area contributed by atoms with Crippen molar-refractivity contribution in [3.63, 3.8) is 0 Å². The van der Waals surface area contributed by atoms with E-state index in [1.54, 1.807) is 21.3 Å². The number of halogens is 1. The molecule has 0 atom stereocenters. The molecule has 0 amide bonds. The summed E-state index contributed by atoms with van der Waals surface area (Å²) in [6.07, 6.45) is 3.00. The molecule has 1 aliphatic heterocycles. The molecule has 3 rings (SSSR count). The number of hydrogen-bond acceptors (Lipinski definition) is 5. The van der Waals surface area contributed by atoms with Gasteiger partial charge in [0.05, 0.1) is 26.4 Å². The van der Waals surface area contributed by atoms with Crippen molar-refractivity contribution in [3.8, 4) is 17.2 Å². The van der Waals surface area contributed by atoms with Crippen LogP contribution in [0.4, 0.5) is 5.69 Å². The maximum Gasteiger partial charge on any atom is 0.173 e. The number of methoxy groups -OCH3 is 3. The predicted molar refractivity (Wildman–Crippen MR) is 135 cm³/mol.